The molecule has 0 aliphatic carbocycles. The van der Waals surface area contributed by atoms with Crippen LogP contribution in [0.15, 0.2) is 36.5 Å². The first kappa shape index (κ1) is 25.9. The zero-order chi connectivity index (χ0) is 25.4. The molecule has 2 aromatic heterocycles. The number of amides is 2. The van der Waals surface area contributed by atoms with Gasteiger partial charge in [0.2, 0.25) is 10.0 Å². The minimum absolute atomic E-state index is 0.0629. The van der Waals surface area contributed by atoms with Crippen LogP contribution in [-0.2, 0) is 16.2 Å². The van der Waals surface area contributed by atoms with Crippen molar-refractivity contribution < 1.29 is 31.2 Å². The van der Waals surface area contributed by atoms with Crippen molar-refractivity contribution in [2.24, 2.45) is 0 Å². The van der Waals surface area contributed by atoms with Gasteiger partial charge in [0.1, 0.15) is 5.69 Å². The van der Waals surface area contributed by atoms with E-state index in [4.69, 9.17) is 11.6 Å². The maximum atomic E-state index is 13.4. The van der Waals surface area contributed by atoms with Gasteiger partial charge < -0.3 is 5.32 Å². The van der Waals surface area contributed by atoms with E-state index in [1.807, 2.05) is 22.6 Å². The molecule has 0 aliphatic heterocycles. The van der Waals surface area contributed by atoms with Gasteiger partial charge >= 0.3 is 6.18 Å². The first-order valence-electron chi connectivity index (χ1n) is 9.09. The van der Waals surface area contributed by atoms with Crippen LogP contribution in [-0.4, -0.2) is 41.3 Å². The standard InChI is InChI=1S/C19H14ClF3IN5O4S/c1-9-6-10(24)7-11(17(30)28-34(2,32)33)15(9)26-18(31)13-8-14(19(21,22)23)27-29(13)16-12(20)4-3-5-25-16/h3-8H,1-2H3,(H,26,31)(H,28,30). The zero-order valence-corrected chi connectivity index (χ0v) is 21.0. The van der Waals surface area contributed by atoms with Crippen molar-refractivity contribution >= 4 is 61.7 Å². The summed E-state index contributed by atoms with van der Waals surface area (Å²) < 4.78 is 66.1. The smallest absolute Gasteiger partial charge is 0.320 e. The third-order valence-corrected chi connectivity index (χ3v) is 5.71. The van der Waals surface area contributed by atoms with Crippen LogP contribution in [0.4, 0.5) is 18.9 Å². The Bertz CT molecular complexity index is 1410. The number of aryl methyl sites for hydroxylation is 1. The normalized spacial score (nSPS) is 11.9. The summed E-state index contributed by atoms with van der Waals surface area (Å²) >= 11 is 7.93. The van der Waals surface area contributed by atoms with Gasteiger partial charge in [0.25, 0.3) is 11.8 Å². The number of hydrogen-bond acceptors (Lipinski definition) is 6. The van der Waals surface area contributed by atoms with Crippen molar-refractivity contribution in [3.8, 4) is 5.82 Å². The fourth-order valence-electron chi connectivity index (χ4n) is 2.87. The minimum Gasteiger partial charge on any atom is -0.320 e. The summed E-state index contributed by atoms with van der Waals surface area (Å²) in [6.45, 7) is 1.53. The van der Waals surface area contributed by atoms with Crippen LogP contribution in [0.5, 0.6) is 0 Å². The Labute approximate surface area is 209 Å². The molecule has 180 valence electrons. The van der Waals surface area contributed by atoms with Crippen molar-refractivity contribution in [2.45, 2.75) is 13.1 Å². The second-order valence-electron chi connectivity index (χ2n) is 6.94. The Morgan fingerprint density at radius 1 is 1.18 bits per heavy atom. The van der Waals surface area contributed by atoms with E-state index in [-0.39, 0.29) is 22.1 Å². The van der Waals surface area contributed by atoms with E-state index in [0.29, 0.717) is 19.9 Å². The first-order valence-corrected chi connectivity index (χ1v) is 12.4. The molecule has 34 heavy (non-hydrogen) atoms. The van der Waals surface area contributed by atoms with Crippen LogP contribution in [0.1, 0.15) is 32.1 Å². The van der Waals surface area contributed by atoms with Gasteiger partial charge in [-0.2, -0.15) is 18.3 Å². The molecule has 15 heteroatoms. The quantitative estimate of drug-likeness (QED) is 0.415. The van der Waals surface area contributed by atoms with Gasteiger partial charge in [0.15, 0.2) is 11.5 Å². The van der Waals surface area contributed by atoms with Gasteiger partial charge in [-0.15, -0.1) is 0 Å². The monoisotopic (exact) mass is 627 g/mol. The highest BCUT2D eigenvalue weighted by Gasteiger charge is 2.37. The summed E-state index contributed by atoms with van der Waals surface area (Å²) in [6.07, 6.45) is -2.84. The van der Waals surface area contributed by atoms with Crippen molar-refractivity contribution in [3.63, 3.8) is 0 Å². The molecule has 2 amide bonds. The average molecular weight is 628 g/mol. The highest BCUT2D eigenvalue weighted by atomic mass is 127. The lowest BCUT2D eigenvalue weighted by Gasteiger charge is -2.15. The number of rotatable bonds is 5. The molecule has 0 fully saturated rings. The van der Waals surface area contributed by atoms with Gasteiger partial charge in [0, 0.05) is 15.8 Å². The summed E-state index contributed by atoms with van der Waals surface area (Å²) in [7, 11) is -3.93. The molecule has 3 aromatic rings. The molecule has 2 N–H and O–H groups in total. The van der Waals surface area contributed by atoms with Crippen LogP contribution in [0.25, 0.3) is 5.82 Å². The molecule has 1 aromatic carbocycles. The van der Waals surface area contributed by atoms with Crippen molar-refractivity contribution in [1.82, 2.24) is 19.5 Å². The lowest BCUT2D eigenvalue weighted by atomic mass is 10.1. The average Bonchev–Trinajstić information content (AvgIpc) is 3.14. The summed E-state index contributed by atoms with van der Waals surface area (Å²) in [5, 5.41) is 5.77. The number of pyridine rings is 1. The van der Waals surface area contributed by atoms with Crippen LogP contribution in [0, 0.1) is 10.5 Å². The molecule has 9 nitrogen and oxygen atoms in total. The number of benzene rings is 1. The number of aromatic nitrogens is 3. The lowest BCUT2D eigenvalue weighted by Crippen LogP contribution is -2.31. The summed E-state index contributed by atoms with van der Waals surface area (Å²) in [5.41, 5.74) is -1.88. The number of carbonyl (C=O) groups excluding carboxylic acids is 2. The Balaban J connectivity index is 2.12. The van der Waals surface area contributed by atoms with Crippen LogP contribution < -0.4 is 10.0 Å². The number of alkyl halides is 3. The largest absolute Gasteiger partial charge is 0.435 e. The second-order valence-corrected chi connectivity index (χ2v) is 10.3. The molecule has 0 radical (unpaired) electrons. The Kier molecular flexibility index (Phi) is 7.23. The van der Waals surface area contributed by atoms with Gasteiger partial charge in [-0.3, -0.25) is 9.59 Å². The fourth-order valence-corrected chi connectivity index (χ4v) is 4.29. The maximum Gasteiger partial charge on any atom is 0.435 e. The number of sulfonamides is 1. The SMILES string of the molecule is Cc1cc(I)cc(C(=O)NS(C)(=O)=O)c1NC(=O)c1cc(C(F)(F)F)nn1-c1ncccc1Cl. The molecule has 2 heterocycles. The Morgan fingerprint density at radius 2 is 1.85 bits per heavy atom. The number of hydrogen-bond donors (Lipinski definition) is 2. The molecule has 0 atom stereocenters. The van der Waals surface area contributed by atoms with E-state index < -0.39 is 39.4 Å². The van der Waals surface area contributed by atoms with E-state index >= 15 is 0 Å². The molecule has 0 saturated carbocycles. The third kappa shape index (κ3) is 5.85. The third-order valence-electron chi connectivity index (χ3n) is 4.23. The Hall–Kier alpha value is -2.72. The van der Waals surface area contributed by atoms with Crippen molar-refractivity contribution in [2.75, 3.05) is 11.6 Å². The minimum atomic E-state index is -4.87. The van der Waals surface area contributed by atoms with Crippen molar-refractivity contribution in [1.29, 1.82) is 0 Å². The van der Waals surface area contributed by atoms with Gasteiger partial charge in [-0.1, -0.05) is 11.6 Å². The van der Waals surface area contributed by atoms with Gasteiger partial charge in [-0.25, -0.2) is 22.8 Å². The molecule has 0 spiro atoms. The molecular weight excluding hydrogens is 614 g/mol. The van der Waals surface area contributed by atoms with Crippen molar-refractivity contribution in [3.05, 3.63) is 67.6 Å². The lowest BCUT2D eigenvalue weighted by molar-refractivity contribution is -0.141. The number of anilines is 1. The molecular formula is C19H14ClF3IN5O4S. The topological polar surface area (TPSA) is 123 Å². The predicted molar refractivity (Wildman–Crippen MR) is 126 cm³/mol. The highest BCUT2D eigenvalue weighted by Crippen LogP contribution is 2.31. The maximum absolute atomic E-state index is 13.4. The van der Waals surface area contributed by atoms with E-state index in [1.54, 1.807) is 10.8 Å². The molecule has 0 bridgehead atoms. The summed E-state index contributed by atoms with van der Waals surface area (Å²) in [5.74, 6) is -2.32. The first-order chi connectivity index (χ1) is 15.7. The number of carbonyl (C=O) groups is 2. The van der Waals surface area contributed by atoms with Gasteiger partial charge in [-0.05, 0) is 59.3 Å². The number of halogens is 5. The summed E-state index contributed by atoms with van der Waals surface area (Å²) in [6, 6.07) is 6.22. The van der Waals surface area contributed by atoms with Gasteiger partial charge in [0.05, 0.1) is 22.5 Å². The second kappa shape index (κ2) is 9.50. The molecule has 0 aliphatic rings. The highest BCUT2D eigenvalue weighted by molar-refractivity contribution is 14.1. The van der Waals surface area contributed by atoms with E-state index in [9.17, 15) is 31.2 Å². The van der Waals surface area contributed by atoms with E-state index in [2.05, 4.69) is 15.4 Å². The van der Waals surface area contributed by atoms with E-state index in [0.717, 1.165) is 6.26 Å². The predicted octanol–water partition coefficient (Wildman–Crippen LogP) is 3.79. The molecule has 3 rings (SSSR count). The summed E-state index contributed by atoms with van der Waals surface area (Å²) in [4.78, 5) is 29.5. The fraction of sp³-hybridized carbons (Fsp3) is 0.158. The van der Waals surface area contributed by atoms with Crippen LogP contribution >= 0.6 is 34.2 Å². The van der Waals surface area contributed by atoms with E-state index in [1.165, 1.54) is 31.3 Å². The Morgan fingerprint density at radius 3 is 2.44 bits per heavy atom. The number of nitrogens with zero attached hydrogens (tertiary/aromatic N) is 3. The number of nitrogens with one attached hydrogen (secondary N) is 2. The van der Waals surface area contributed by atoms with Crippen LogP contribution in [0.3, 0.4) is 0 Å². The molecule has 0 unspecified atom stereocenters. The zero-order valence-electron chi connectivity index (χ0n) is 17.2. The van der Waals surface area contributed by atoms with Crippen LogP contribution in [0.2, 0.25) is 5.02 Å². The molecule has 0 saturated heterocycles.